The first-order chi connectivity index (χ1) is 5.25. The molecule has 0 aromatic carbocycles. The number of hydrogen-bond acceptors (Lipinski definition) is 2. The summed E-state index contributed by atoms with van der Waals surface area (Å²) in [6.07, 6.45) is 0.159. The molecule has 0 aliphatic carbocycles. The van der Waals surface area contributed by atoms with E-state index in [2.05, 4.69) is 17.1 Å². The lowest BCUT2D eigenvalue weighted by Crippen LogP contribution is -2.52. The Kier molecular flexibility index (Phi) is 1.85. The molecule has 2 aliphatic heterocycles. The van der Waals surface area contributed by atoms with Crippen LogP contribution < -0.4 is 5.32 Å². The Hall–Kier alpha value is -0.150. The van der Waals surface area contributed by atoms with Crippen molar-refractivity contribution < 1.29 is 4.39 Å². The zero-order valence-corrected chi connectivity index (χ0v) is 6.89. The average molecular weight is 158 g/mol. The standard InChI is InChI=1S/C8H15FN2/c1-6-4-11-5-7(9)2-8(11)3-10-6/h6-8,10H,2-5H2,1H3/t6-,7+,8-/m1/s1. The maximum absolute atomic E-state index is 12.9. The second kappa shape index (κ2) is 2.72. The SMILES string of the molecule is C[C@@H]1CN2C[C@@H](F)C[C@@H]2CN1. The first-order valence-electron chi connectivity index (χ1n) is 4.37. The van der Waals surface area contributed by atoms with Crippen molar-refractivity contribution in [3.63, 3.8) is 0 Å². The predicted octanol–water partition coefficient (Wildman–Crippen LogP) is 0.390. The zero-order chi connectivity index (χ0) is 7.84. The average Bonchev–Trinajstić information content (AvgIpc) is 2.27. The van der Waals surface area contributed by atoms with Gasteiger partial charge in [0, 0.05) is 31.7 Å². The Morgan fingerprint density at radius 3 is 3.09 bits per heavy atom. The van der Waals surface area contributed by atoms with Gasteiger partial charge in [0.25, 0.3) is 0 Å². The van der Waals surface area contributed by atoms with E-state index in [9.17, 15) is 4.39 Å². The van der Waals surface area contributed by atoms with Crippen molar-refractivity contribution in [3.05, 3.63) is 0 Å². The number of hydrogen-bond donors (Lipinski definition) is 1. The fourth-order valence-corrected chi connectivity index (χ4v) is 2.11. The molecule has 2 heterocycles. The fraction of sp³-hybridized carbons (Fsp3) is 1.00. The van der Waals surface area contributed by atoms with Crippen molar-refractivity contribution in [2.24, 2.45) is 0 Å². The van der Waals surface area contributed by atoms with Crippen LogP contribution in [0.5, 0.6) is 0 Å². The predicted molar refractivity (Wildman–Crippen MR) is 42.3 cm³/mol. The van der Waals surface area contributed by atoms with Crippen LogP contribution in [0.4, 0.5) is 4.39 Å². The fourth-order valence-electron chi connectivity index (χ4n) is 2.11. The van der Waals surface area contributed by atoms with Crippen molar-refractivity contribution >= 4 is 0 Å². The molecule has 0 amide bonds. The third-order valence-corrected chi connectivity index (χ3v) is 2.69. The second-order valence-electron chi connectivity index (χ2n) is 3.75. The van der Waals surface area contributed by atoms with Crippen LogP contribution in [0.15, 0.2) is 0 Å². The van der Waals surface area contributed by atoms with Crippen molar-refractivity contribution in [1.82, 2.24) is 10.2 Å². The molecule has 0 aromatic rings. The lowest BCUT2D eigenvalue weighted by atomic mass is 10.1. The molecule has 2 rings (SSSR count). The first kappa shape index (κ1) is 7.50. The molecule has 0 unspecified atom stereocenters. The third-order valence-electron chi connectivity index (χ3n) is 2.69. The number of halogens is 1. The molecule has 2 fully saturated rings. The van der Waals surface area contributed by atoms with E-state index < -0.39 is 6.17 Å². The Morgan fingerprint density at radius 1 is 1.45 bits per heavy atom. The third kappa shape index (κ3) is 1.40. The highest BCUT2D eigenvalue weighted by atomic mass is 19.1. The molecule has 0 aromatic heterocycles. The van der Waals surface area contributed by atoms with Crippen LogP contribution >= 0.6 is 0 Å². The zero-order valence-electron chi connectivity index (χ0n) is 6.89. The van der Waals surface area contributed by atoms with Gasteiger partial charge in [0.05, 0.1) is 0 Å². The molecule has 0 saturated carbocycles. The highest BCUT2D eigenvalue weighted by Gasteiger charge is 2.35. The van der Waals surface area contributed by atoms with E-state index in [1.807, 2.05) is 0 Å². The summed E-state index contributed by atoms with van der Waals surface area (Å²) >= 11 is 0. The molecular weight excluding hydrogens is 143 g/mol. The van der Waals surface area contributed by atoms with Crippen molar-refractivity contribution in [2.75, 3.05) is 19.6 Å². The smallest absolute Gasteiger partial charge is 0.114 e. The number of alkyl halides is 1. The van der Waals surface area contributed by atoms with Crippen LogP contribution in [0, 0.1) is 0 Å². The summed E-state index contributed by atoms with van der Waals surface area (Å²) in [6.45, 7) is 4.81. The maximum Gasteiger partial charge on any atom is 0.114 e. The highest BCUT2D eigenvalue weighted by Crippen LogP contribution is 2.22. The molecule has 0 spiro atoms. The van der Waals surface area contributed by atoms with Gasteiger partial charge in [-0.05, 0) is 13.3 Å². The lowest BCUT2D eigenvalue weighted by molar-refractivity contribution is 0.176. The Bertz CT molecular complexity index is 151. The van der Waals surface area contributed by atoms with E-state index in [-0.39, 0.29) is 0 Å². The van der Waals surface area contributed by atoms with Crippen LogP contribution in [0.25, 0.3) is 0 Å². The Labute approximate surface area is 66.8 Å². The van der Waals surface area contributed by atoms with Crippen LogP contribution in [0.3, 0.4) is 0 Å². The number of fused-ring (bicyclic) bond motifs is 1. The molecule has 64 valence electrons. The van der Waals surface area contributed by atoms with Crippen LogP contribution in [0.1, 0.15) is 13.3 Å². The summed E-state index contributed by atoms with van der Waals surface area (Å²) in [7, 11) is 0. The number of nitrogens with one attached hydrogen (secondary N) is 1. The second-order valence-corrected chi connectivity index (χ2v) is 3.75. The molecule has 0 radical (unpaired) electrons. The minimum Gasteiger partial charge on any atom is -0.311 e. The first-order valence-corrected chi connectivity index (χ1v) is 4.37. The molecule has 2 nitrogen and oxygen atoms in total. The summed E-state index contributed by atoms with van der Waals surface area (Å²) in [5, 5.41) is 3.37. The van der Waals surface area contributed by atoms with Crippen molar-refractivity contribution in [1.29, 1.82) is 0 Å². The monoisotopic (exact) mass is 158 g/mol. The summed E-state index contributed by atoms with van der Waals surface area (Å²) < 4.78 is 12.9. The number of rotatable bonds is 0. The maximum atomic E-state index is 12.9. The molecule has 2 aliphatic rings. The van der Waals surface area contributed by atoms with Gasteiger partial charge in [-0.3, -0.25) is 4.90 Å². The molecule has 1 N–H and O–H groups in total. The summed E-state index contributed by atoms with van der Waals surface area (Å²) in [4.78, 5) is 2.27. The minimum atomic E-state index is -0.577. The normalized spacial score (nSPS) is 45.8. The van der Waals surface area contributed by atoms with E-state index in [4.69, 9.17) is 0 Å². The topological polar surface area (TPSA) is 15.3 Å². The van der Waals surface area contributed by atoms with Gasteiger partial charge < -0.3 is 5.32 Å². The quantitative estimate of drug-likeness (QED) is 0.548. The molecule has 3 atom stereocenters. The van der Waals surface area contributed by atoms with Gasteiger partial charge in [-0.1, -0.05) is 0 Å². The van der Waals surface area contributed by atoms with E-state index in [1.165, 1.54) is 0 Å². The van der Waals surface area contributed by atoms with Gasteiger partial charge in [-0.15, -0.1) is 0 Å². The van der Waals surface area contributed by atoms with E-state index in [1.54, 1.807) is 0 Å². The summed E-state index contributed by atoms with van der Waals surface area (Å²) in [6, 6.07) is 1.01. The van der Waals surface area contributed by atoms with Gasteiger partial charge >= 0.3 is 0 Å². The summed E-state index contributed by atoms with van der Waals surface area (Å²) in [5.41, 5.74) is 0. The van der Waals surface area contributed by atoms with Crippen LogP contribution in [-0.4, -0.2) is 42.8 Å². The molecule has 3 heteroatoms. The molecule has 0 bridgehead atoms. The largest absolute Gasteiger partial charge is 0.311 e. The Morgan fingerprint density at radius 2 is 2.27 bits per heavy atom. The van der Waals surface area contributed by atoms with Crippen molar-refractivity contribution in [2.45, 2.75) is 31.6 Å². The van der Waals surface area contributed by atoms with Gasteiger partial charge in [0.1, 0.15) is 6.17 Å². The minimum absolute atomic E-state index is 0.473. The molecular formula is C8H15FN2. The Balaban J connectivity index is 1.97. The molecule has 2 saturated heterocycles. The van der Waals surface area contributed by atoms with Crippen molar-refractivity contribution in [3.8, 4) is 0 Å². The van der Waals surface area contributed by atoms with Crippen LogP contribution in [0.2, 0.25) is 0 Å². The van der Waals surface area contributed by atoms with E-state index in [0.717, 1.165) is 19.5 Å². The van der Waals surface area contributed by atoms with Gasteiger partial charge in [0.2, 0.25) is 0 Å². The molecule has 11 heavy (non-hydrogen) atoms. The number of piperazine rings is 1. The lowest BCUT2D eigenvalue weighted by Gasteiger charge is -2.33. The number of nitrogens with zero attached hydrogens (tertiary/aromatic N) is 1. The summed E-state index contributed by atoms with van der Waals surface area (Å²) in [5.74, 6) is 0. The van der Waals surface area contributed by atoms with E-state index in [0.29, 0.717) is 18.6 Å². The van der Waals surface area contributed by atoms with Crippen LogP contribution in [-0.2, 0) is 0 Å². The van der Waals surface area contributed by atoms with Gasteiger partial charge in [-0.25, -0.2) is 4.39 Å². The highest BCUT2D eigenvalue weighted by molar-refractivity contribution is 4.92. The van der Waals surface area contributed by atoms with E-state index >= 15 is 0 Å². The van der Waals surface area contributed by atoms with Gasteiger partial charge in [0.15, 0.2) is 0 Å². The van der Waals surface area contributed by atoms with Gasteiger partial charge in [-0.2, -0.15) is 0 Å².